The summed E-state index contributed by atoms with van der Waals surface area (Å²) in [5, 5.41) is 5.52. The van der Waals surface area contributed by atoms with E-state index in [9.17, 15) is 4.79 Å². The van der Waals surface area contributed by atoms with Crippen LogP contribution in [0, 0.1) is 0 Å². The van der Waals surface area contributed by atoms with Gasteiger partial charge in [-0.05, 0) is 60.4 Å². The lowest BCUT2D eigenvalue weighted by atomic mass is 10.1. The summed E-state index contributed by atoms with van der Waals surface area (Å²) in [5.41, 5.74) is 1.49. The number of amides is 1. The molecule has 1 N–H and O–H groups in total. The lowest BCUT2D eigenvalue weighted by Crippen LogP contribution is -2.29. The van der Waals surface area contributed by atoms with Gasteiger partial charge in [0.15, 0.2) is 16.6 Å². The molecule has 1 aliphatic heterocycles. The average molecular weight is 468 g/mol. The number of halogens is 1. The molecule has 1 aromatic heterocycles. The number of benzene rings is 1. The van der Waals surface area contributed by atoms with Crippen molar-refractivity contribution in [3.05, 3.63) is 33.2 Å². The molecule has 1 saturated heterocycles. The molecular formula is C20H26BrN3O3S. The molecule has 3 rings (SSSR count). The number of nitrogens with one attached hydrogen (secondary N) is 1. The van der Waals surface area contributed by atoms with E-state index in [0.29, 0.717) is 33.3 Å². The summed E-state index contributed by atoms with van der Waals surface area (Å²) in [6, 6.07) is 3.43. The molecule has 1 fully saturated rings. The number of methoxy groups -OCH3 is 1. The molecule has 6 nitrogen and oxygen atoms in total. The lowest BCUT2D eigenvalue weighted by Gasteiger charge is -2.25. The first-order chi connectivity index (χ1) is 13.6. The number of anilines is 1. The van der Waals surface area contributed by atoms with E-state index >= 15 is 0 Å². The Morgan fingerprint density at radius 1 is 1.32 bits per heavy atom. The van der Waals surface area contributed by atoms with Gasteiger partial charge in [0, 0.05) is 17.5 Å². The zero-order valence-electron chi connectivity index (χ0n) is 16.3. The molecule has 152 valence electrons. The fraction of sp³-hybridized carbons (Fsp3) is 0.500. The van der Waals surface area contributed by atoms with Crippen LogP contribution in [0.25, 0.3) is 0 Å². The zero-order chi connectivity index (χ0) is 19.9. The van der Waals surface area contributed by atoms with Crippen LogP contribution in [0.3, 0.4) is 0 Å². The maximum Gasteiger partial charge on any atom is 0.257 e. The van der Waals surface area contributed by atoms with Gasteiger partial charge in [0.1, 0.15) is 0 Å². The Morgan fingerprint density at radius 3 is 2.82 bits per heavy atom. The van der Waals surface area contributed by atoms with Crippen molar-refractivity contribution in [3.8, 4) is 11.5 Å². The number of thiazole rings is 1. The van der Waals surface area contributed by atoms with E-state index in [1.54, 1.807) is 19.2 Å². The van der Waals surface area contributed by atoms with Gasteiger partial charge >= 0.3 is 0 Å². The first-order valence-corrected chi connectivity index (χ1v) is 11.3. The summed E-state index contributed by atoms with van der Waals surface area (Å²) in [4.78, 5) is 19.7. The number of piperidine rings is 1. The highest BCUT2D eigenvalue weighted by molar-refractivity contribution is 9.10. The Kier molecular flexibility index (Phi) is 7.70. The van der Waals surface area contributed by atoms with Crippen LogP contribution in [0.5, 0.6) is 11.5 Å². The Labute approximate surface area is 178 Å². The topological polar surface area (TPSA) is 63.7 Å². The number of nitrogens with zero attached hydrogens (tertiary/aromatic N) is 2. The van der Waals surface area contributed by atoms with Gasteiger partial charge < -0.3 is 9.47 Å². The number of likely N-dealkylation sites (tertiary alicyclic amines) is 1. The van der Waals surface area contributed by atoms with Crippen molar-refractivity contribution < 1.29 is 14.3 Å². The summed E-state index contributed by atoms with van der Waals surface area (Å²) in [7, 11) is 1.57. The van der Waals surface area contributed by atoms with E-state index < -0.39 is 0 Å². The van der Waals surface area contributed by atoms with Crippen LogP contribution in [-0.2, 0) is 6.54 Å². The predicted octanol–water partition coefficient (Wildman–Crippen LogP) is 4.94. The second-order valence-corrected chi connectivity index (χ2v) is 8.49. The first kappa shape index (κ1) is 21.1. The molecule has 0 aliphatic carbocycles. The van der Waals surface area contributed by atoms with Gasteiger partial charge in [-0.15, -0.1) is 11.3 Å². The van der Waals surface area contributed by atoms with Crippen LogP contribution in [0.15, 0.2) is 22.0 Å². The quantitative estimate of drug-likeness (QED) is 0.595. The van der Waals surface area contributed by atoms with Crippen LogP contribution in [0.2, 0.25) is 0 Å². The summed E-state index contributed by atoms with van der Waals surface area (Å²) in [5.74, 6) is 0.914. The van der Waals surface area contributed by atoms with E-state index in [1.165, 1.54) is 30.6 Å². The van der Waals surface area contributed by atoms with E-state index in [4.69, 9.17) is 9.47 Å². The summed E-state index contributed by atoms with van der Waals surface area (Å²) < 4.78 is 11.8. The molecule has 1 aromatic carbocycles. The Bertz CT molecular complexity index is 806. The minimum atomic E-state index is -0.222. The third kappa shape index (κ3) is 5.46. The summed E-state index contributed by atoms with van der Waals surface area (Å²) in [6.07, 6.45) is 4.71. The predicted molar refractivity (Wildman–Crippen MR) is 116 cm³/mol. The molecule has 0 radical (unpaired) electrons. The third-order valence-electron chi connectivity index (χ3n) is 4.55. The number of rotatable bonds is 8. The standard InChI is InChI=1S/C20H26BrN3O3S/c1-3-9-27-18-16(21)10-14(11-17(18)26-2)19(25)23-20-22-15(13-28-20)12-24-7-5-4-6-8-24/h10-11,13H,3-9,12H2,1-2H3,(H,22,23,25). The highest BCUT2D eigenvalue weighted by Gasteiger charge is 2.17. The number of aromatic nitrogens is 1. The average Bonchev–Trinajstić information content (AvgIpc) is 3.13. The third-order valence-corrected chi connectivity index (χ3v) is 5.94. The van der Waals surface area contributed by atoms with E-state index in [0.717, 1.165) is 31.7 Å². The number of ether oxygens (including phenoxy) is 2. The second-order valence-electron chi connectivity index (χ2n) is 6.77. The highest BCUT2D eigenvalue weighted by Crippen LogP contribution is 2.37. The molecule has 0 unspecified atom stereocenters. The molecule has 2 heterocycles. The maximum atomic E-state index is 12.7. The highest BCUT2D eigenvalue weighted by atomic mass is 79.9. The van der Waals surface area contributed by atoms with Crippen molar-refractivity contribution in [1.82, 2.24) is 9.88 Å². The van der Waals surface area contributed by atoms with Crippen molar-refractivity contribution in [2.75, 3.05) is 32.1 Å². The van der Waals surface area contributed by atoms with Gasteiger partial charge in [-0.2, -0.15) is 0 Å². The number of hydrogen-bond donors (Lipinski definition) is 1. The van der Waals surface area contributed by atoms with Gasteiger partial charge in [0.2, 0.25) is 0 Å². The monoisotopic (exact) mass is 467 g/mol. The van der Waals surface area contributed by atoms with Crippen LogP contribution in [0.1, 0.15) is 48.7 Å². The largest absolute Gasteiger partial charge is 0.493 e. The van der Waals surface area contributed by atoms with Crippen LogP contribution < -0.4 is 14.8 Å². The molecular weight excluding hydrogens is 442 g/mol. The first-order valence-electron chi connectivity index (χ1n) is 9.59. The van der Waals surface area contributed by atoms with Crippen molar-refractivity contribution in [3.63, 3.8) is 0 Å². The van der Waals surface area contributed by atoms with E-state index in [1.807, 2.05) is 12.3 Å². The number of carbonyl (C=O) groups is 1. The molecule has 1 amide bonds. The van der Waals surface area contributed by atoms with Gasteiger partial charge in [0.25, 0.3) is 5.91 Å². The molecule has 0 saturated carbocycles. The normalized spacial score (nSPS) is 14.7. The fourth-order valence-electron chi connectivity index (χ4n) is 3.15. The Balaban J connectivity index is 1.66. The van der Waals surface area contributed by atoms with Gasteiger partial charge in [-0.25, -0.2) is 4.98 Å². The zero-order valence-corrected chi connectivity index (χ0v) is 18.7. The molecule has 0 bridgehead atoms. The van der Waals surface area contributed by atoms with Gasteiger partial charge in [-0.1, -0.05) is 13.3 Å². The maximum absolute atomic E-state index is 12.7. The van der Waals surface area contributed by atoms with Crippen molar-refractivity contribution in [1.29, 1.82) is 0 Å². The molecule has 0 spiro atoms. The summed E-state index contributed by atoms with van der Waals surface area (Å²) in [6.45, 7) is 5.71. The van der Waals surface area contributed by atoms with E-state index in [-0.39, 0.29) is 5.91 Å². The molecule has 28 heavy (non-hydrogen) atoms. The fourth-order valence-corrected chi connectivity index (χ4v) is 4.40. The van der Waals surface area contributed by atoms with Gasteiger partial charge in [-0.3, -0.25) is 15.0 Å². The minimum Gasteiger partial charge on any atom is -0.493 e. The van der Waals surface area contributed by atoms with Gasteiger partial charge in [0.05, 0.1) is 23.9 Å². The minimum absolute atomic E-state index is 0.222. The molecule has 2 aromatic rings. The number of carbonyl (C=O) groups excluding carboxylic acids is 1. The lowest BCUT2D eigenvalue weighted by molar-refractivity contribution is 0.102. The summed E-state index contributed by atoms with van der Waals surface area (Å²) >= 11 is 4.93. The van der Waals surface area contributed by atoms with Crippen LogP contribution in [-0.4, -0.2) is 42.6 Å². The Hall–Kier alpha value is -1.64. The van der Waals surface area contributed by atoms with Crippen molar-refractivity contribution >= 4 is 38.3 Å². The molecule has 8 heteroatoms. The van der Waals surface area contributed by atoms with E-state index in [2.05, 4.69) is 31.1 Å². The smallest absolute Gasteiger partial charge is 0.257 e. The SMILES string of the molecule is CCCOc1c(Br)cc(C(=O)Nc2nc(CN3CCCCC3)cs2)cc1OC. The molecule has 1 aliphatic rings. The second kappa shape index (κ2) is 10.2. The van der Waals surface area contributed by atoms with Crippen molar-refractivity contribution in [2.24, 2.45) is 0 Å². The van der Waals surface area contributed by atoms with Crippen LogP contribution in [0.4, 0.5) is 5.13 Å². The van der Waals surface area contributed by atoms with Crippen molar-refractivity contribution in [2.45, 2.75) is 39.2 Å². The molecule has 0 atom stereocenters. The Morgan fingerprint density at radius 2 is 2.11 bits per heavy atom. The van der Waals surface area contributed by atoms with Crippen LogP contribution >= 0.6 is 27.3 Å². The number of hydrogen-bond acceptors (Lipinski definition) is 6.